The molecule has 5 N–H and O–H groups in total. The molecule has 2 saturated carbocycles. The third-order valence-corrected chi connectivity index (χ3v) is 7.25. The summed E-state index contributed by atoms with van der Waals surface area (Å²) < 4.78 is 0. The van der Waals surface area contributed by atoms with Crippen molar-refractivity contribution < 1.29 is 39.3 Å². The van der Waals surface area contributed by atoms with Crippen LogP contribution in [0, 0.1) is 35.5 Å². The number of hydrogen-bond acceptors (Lipinski definition) is 9. The standard InChI is InChI=1S/C24H24N2O8/c1-26(2)18-13-9-11-8-12-10(4-3-7-27)5-6-14(28)16(12)19(29)15(11)21(31)24(13,34)22(32)17(20(18)30)23(25)33/h5-6,11,13,15,17-18,27-28,34H,7-9H2,1-2H3,(H2,25,33). The van der Waals surface area contributed by atoms with E-state index in [2.05, 4.69) is 11.8 Å². The van der Waals surface area contributed by atoms with Crippen LogP contribution in [-0.4, -0.2) is 81.6 Å². The van der Waals surface area contributed by atoms with Gasteiger partial charge in [0.25, 0.3) is 0 Å². The summed E-state index contributed by atoms with van der Waals surface area (Å²) in [7, 11) is 3.05. The lowest BCUT2D eigenvalue weighted by molar-refractivity contribution is -0.181. The van der Waals surface area contributed by atoms with Crippen molar-refractivity contribution in [1.82, 2.24) is 4.90 Å². The number of phenolic OH excluding ortho intramolecular Hbond substituents is 1. The molecule has 1 aromatic rings. The van der Waals surface area contributed by atoms with E-state index < -0.39 is 71.0 Å². The summed E-state index contributed by atoms with van der Waals surface area (Å²) >= 11 is 0. The van der Waals surface area contributed by atoms with Crippen molar-refractivity contribution in [3.8, 4) is 17.6 Å². The van der Waals surface area contributed by atoms with Gasteiger partial charge in [-0.3, -0.25) is 28.9 Å². The number of aliphatic hydroxyl groups is 2. The molecule has 4 rings (SSSR count). The molecule has 0 bridgehead atoms. The summed E-state index contributed by atoms with van der Waals surface area (Å²) in [6, 6.07) is 1.59. The van der Waals surface area contributed by atoms with E-state index in [1.165, 1.54) is 31.1 Å². The van der Waals surface area contributed by atoms with Crippen LogP contribution < -0.4 is 5.73 Å². The summed E-state index contributed by atoms with van der Waals surface area (Å²) in [5, 5.41) is 30.9. The molecule has 6 unspecified atom stereocenters. The number of amides is 1. The van der Waals surface area contributed by atoms with Crippen molar-refractivity contribution >= 4 is 29.0 Å². The molecule has 0 saturated heterocycles. The summed E-state index contributed by atoms with van der Waals surface area (Å²) in [5.74, 6) is -5.69. The second kappa shape index (κ2) is 8.13. The highest BCUT2D eigenvalue weighted by molar-refractivity contribution is 6.32. The van der Waals surface area contributed by atoms with Gasteiger partial charge in [0.2, 0.25) is 5.91 Å². The number of aromatic hydroxyl groups is 1. The van der Waals surface area contributed by atoms with E-state index in [1.807, 2.05) is 0 Å². The topological polar surface area (TPSA) is 175 Å². The van der Waals surface area contributed by atoms with Crippen molar-refractivity contribution in [2.45, 2.75) is 24.5 Å². The molecule has 6 atom stereocenters. The Kier molecular flexibility index (Phi) is 5.68. The van der Waals surface area contributed by atoms with E-state index in [0.717, 1.165) is 0 Å². The summed E-state index contributed by atoms with van der Waals surface area (Å²) in [6.45, 7) is -0.418. The van der Waals surface area contributed by atoms with E-state index >= 15 is 0 Å². The van der Waals surface area contributed by atoms with Crippen molar-refractivity contribution in [2.75, 3.05) is 20.7 Å². The maximum absolute atomic E-state index is 13.6. The Morgan fingerprint density at radius 2 is 1.88 bits per heavy atom. The minimum Gasteiger partial charge on any atom is -0.507 e. The van der Waals surface area contributed by atoms with Gasteiger partial charge < -0.3 is 21.1 Å². The zero-order chi connectivity index (χ0) is 25.1. The Hall–Kier alpha value is -3.39. The van der Waals surface area contributed by atoms with Crippen LogP contribution in [0.2, 0.25) is 0 Å². The number of carbonyl (C=O) groups is 5. The summed E-state index contributed by atoms with van der Waals surface area (Å²) in [4.78, 5) is 66.7. The van der Waals surface area contributed by atoms with Crippen LogP contribution in [0.1, 0.15) is 27.9 Å². The van der Waals surface area contributed by atoms with Gasteiger partial charge >= 0.3 is 0 Å². The van der Waals surface area contributed by atoms with Crippen LogP contribution in [-0.2, 0) is 25.6 Å². The number of carbonyl (C=O) groups excluding carboxylic acids is 5. The third-order valence-electron chi connectivity index (χ3n) is 7.25. The molecule has 34 heavy (non-hydrogen) atoms. The molecule has 2 fully saturated rings. The first kappa shape index (κ1) is 23.8. The van der Waals surface area contributed by atoms with Crippen molar-refractivity contribution in [1.29, 1.82) is 0 Å². The van der Waals surface area contributed by atoms with Crippen molar-refractivity contribution in [3.63, 3.8) is 0 Å². The number of Topliss-reactive ketones (excluding diaryl/α,β-unsaturated/α-hetero) is 4. The van der Waals surface area contributed by atoms with Gasteiger partial charge in [-0.25, -0.2) is 0 Å². The number of primary amides is 1. The molecule has 10 heteroatoms. The second-order valence-corrected chi connectivity index (χ2v) is 9.24. The molecular weight excluding hydrogens is 444 g/mol. The Bertz CT molecular complexity index is 1210. The molecular formula is C24H24N2O8. The fourth-order valence-electron chi connectivity index (χ4n) is 5.86. The molecule has 0 aromatic heterocycles. The Labute approximate surface area is 194 Å². The normalized spacial score (nSPS) is 32.4. The molecule has 178 valence electrons. The number of nitrogens with zero attached hydrogens (tertiary/aromatic N) is 1. The zero-order valence-electron chi connectivity index (χ0n) is 18.6. The van der Waals surface area contributed by atoms with Gasteiger partial charge in [0.15, 0.2) is 34.7 Å². The monoisotopic (exact) mass is 468 g/mol. The molecule has 3 aliphatic rings. The smallest absolute Gasteiger partial charge is 0.235 e. The summed E-state index contributed by atoms with van der Waals surface area (Å²) in [6.07, 6.45) is 0.0854. The van der Waals surface area contributed by atoms with Gasteiger partial charge in [0.05, 0.1) is 17.5 Å². The van der Waals surface area contributed by atoms with Crippen molar-refractivity contribution in [2.24, 2.45) is 29.4 Å². The van der Waals surface area contributed by atoms with Crippen LogP contribution in [0.15, 0.2) is 12.1 Å². The first-order chi connectivity index (χ1) is 16.0. The maximum atomic E-state index is 13.6. The van der Waals surface area contributed by atoms with Crippen LogP contribution >= 0.6 is 0 Å². The molecule has 1 amide bonds. The first-order valence-electron chi connectivity index (χ1n) is 10.8. The fourth-order valence-corrected chi connectivity index (χ4v) is 5.86. The molecule has 0 aliphatic heterocycles. The Morgan fingerprint density at radius 1 is 1.21 bits per heavy atom. The highest BCUT2D eigenvalue weighted by atomic mass is 16.3. The minimum atomic E-state index is -2.75. The van der Waals surface area contributed by atoms with E-state index in [4.69, 9.17) is 10.8 Å². The van der Waals surface area contributed by atoms with Gasteiger partial charge in [0, 0.05) is 11.5 Å². The number of benzene rings is 1. The maximum Gasteiger partial charge on any atom is 0.235 e. The SMILES string of the molecule is CN(C)C1C(=O)C(C(N)=O)C(=O)C2(O)C(=O)C3C(=O)c4c(O)ccc(C#CCO)c4CC3CC12. The number of nitrogens with two attached hydrogens (primary N) is 1. The first-order valence-corrected chi connectivity index (χ1v) is 10.8. The molecule has 0 spiro atoms. The van der Waals surface area contributed by atoms with Gasteiger partial charge in [-0.05, 0) is 50.6 Å². The molecule has 1 aromatic carbocycles. The number of fused-ring (bicyclic) bond motifs is 3. The van der Waals surface area contributed by atoms with Gasteiger partial charge in [-0.1, -0.05) is 11.8 Å². The lowest BCUT2D eigenvalue weighted by atomic mass is 9.52. The highest BCUT2D eigenvalue weighted by Crippen LogP contribution is 2.50. The second-order valence-electron chi connectivity index (χ2n) is 9.24. The van der Waals surface area contributed by atoms with Gasteiger partial charge in [-0.2, -0.15) is 0 Å². The predicted octanol–water partition coefficient (Wildman–Crippen LogP) is -1.79. The van der Waals surface area contributed by atoms with E-state index in [9.17, 15) is 34.2 Å². The molecule has 3 aliphatic carbocycles. The van der Waals surface area contributed by atoms with E-state index in [-0.39, 0.29) is 24.2 Å². The fraction of sp³-hybridized carbons (Fsp3) is 0.458. The average Bonchev–Trinajstić information content (AvgIpc) is 2.75. The van der Waals surface area contributed by atoms with Gasteiger partial charge in [0.1, 0.15) is 12.4 Å². The number of hydrogen-bond donors (Lipinski definition) is 4. The highest BCUT2D eigenvalue weighted by Gasteiger charge is 2.69. The van der Waals surface area contributed by atoms with Crippen molar-refractivity contribution in [3.05, 3.63) is 28.8 Å². The zero-order valence-corrected chi connectivity index (χ0v) is 18.6. The minimum absolute atomic E-state index is 0.0353. The number of likely N-dealkylation sites (N-methyl/N-ethyl adjacent to an activating group) is 1. The van der Waals surface area contributed by atoms with Crippen LogP contribution in [0.3, 0.4) is 0 Å². The lowest BCUT2D eigenvalue weighted by Gasteiger charge is -2.52. The Morgan fingerprint density at radius 3 is 2.47 bits per heavy atom. The average molecular weight is 468 g/mol. The lowest BCUT2D eigenvalue weighted by Crippen LogP contribution is -2.74. The number of phenols is 1. The van der Waals surface area contributed by atoms with Crippen LogP contribution in [0.4, 0.5) is 0 Å². The summed E-state index contributed by atoms with van der Waals surface area (Å²) in [5.41, 5.74) is 3.20. The number of rotatable bonds is 2. The van der Waals surface area contributed by atoms with Crippen LogP contribution in [0.25, 0.3) is 0 Å². The van der Waals surface area contributed by atoms with E-state index in [0.29, 0.717) is 11.1 Å². The van der Waals surface area contributed by atoms with E-state index in [1.54, 1.807) is 0 Å². The third kappa shape index (κ3) is 3.12. The van der Waals surface area contributed by atoms with Gasteiger partial charge in [-0.15, -0.1) is 0 Å². The molecule has 10 nitrogen and oxygen atoms in total. The molecule has 0 radical (unpaired) electrons. The van der Waals surface area contributed by atoms with Crippen LogP contribution in [0.5, 0.6) is 5.75 Å². The predicted molar refractivity (Wildman–Crippen MR) is 115 cm³/mol. The number of ketones is 4. The largest absolute Gasteiger partial charge is 0.507 e. The molecule has 0 heterocycles. The Balaban J connectivity index is 1.88. The quantitative estimate of drug-likeness (QED) is 0.288. The number of aliphatic hydroxyl groups excluding tert-OH is 1.